The lowest BCUT2D eigenvalue weighted by Gasteiger charge is -2.22. The normalized spacial score (nSPS) is 18.2. The molecule has 1 aromatic carbocycles. The fourth-order valence-corrected chi connectivity index (χ4v) is 1.99. The number of hydrogen-bond acceptors (Lipinski definition) is 3. The summed E-state index contributed by atoms with van der Waals surface area (Å²) in [5.74, 6) is -0.391. The summed E-state index contributed by atoms with van der Waals surface area (Å²) in [6.45, 7) is 0.803. The van der Waals surface area contributed by atoms with E-state index in [4.69, 9.17) is 4.74 Å². The Morgan fingerprint density at radius 2 is 2.35 bits per heavy atom. The first kappa shape index (κ1) is 14.3. The molecule has 0 bridgehead atoms. The maximum Gasteiger partial charge on any atom is 0.242 e. The fourth-order valence-electron chi connectivity index (χ4n) is 1.99. The Kier molecular flexibility index (Phi) is 4.92. The second-order valence-electron chi connectivity index (χ2n) is 4.61. The van der Waals surface area contributed by atoms with Crippen LogP contribution in [0.4, 0.5) is 4.39 Å². The number of piperidine rings is 1. The molecule has 1 heterocycles. The van der Waals surface area contributed by atoms with Crippen molar-refractivity contribution >= 4 is 11.8 Å². The molecule has 0 radical (unpaired) electrons. The molecule has 6 heteroatoms. The quantitative estimate of drug-likeness (QED) is 0.845. The lowest BCUT2D eigenvalue weighted by Crippen LogP contribution is -2.50. The predicted molar refractivity (Wildman–Crippen MR) is 70.7 cm³/mol. The molecule has 108 valence electrons. The van der Waals surface area contributed by atoms with Crippen LogP contribution in [0.5, 0.6) is 5.75 Å². The van der Waals surface area contributed by atoms with Crippen molar-refractivity contribution in [2.45, 2.75) is 25.3 Å². The first-order valence-corrected chi connectivity index (χ1v) is 6.60. The smallest absolute Gasteiger partial charge is 0.242 e. The molecule has 1 aromatic rings. The summed E-state index contributed by atoms with van der Waals surface area (Å²) in [7, 11) is 0. The van der Waals surface area contributed by atoms with E-state index in [-0.39, 0.29) is 30.7 Å². The van der Waals surface area contributed by atoms with E-state index in [0.29, 0.717) is 18.7 Å². The van der Waals surface area contributed by atoms with Crippen molar-refractivity contribution in [1.29, 1.82) is 0 Å². The zero-order chi connectivity index (χ0) is 14.4. The van der Waals surface area contributed by atoms with Crippen LogP contribution in [-0.2, 0) is 9.59 Å². The zero-order valence-electron chi connectivity index (χ0n) is 11.0. The molecule has 1 fully saturated rings. The average molecular weight is 280 g/mol. The Balaban J connectivity index is 1.71. The molecule has 0 aliphatic carbocycles. The molecule has 2 N–H and O–H groups in total. The minimum Gasteiger partial charge on any atom is -0.493 e. The average Bonchev–Trinajstić information content (AvgIpc) is 2.41. The first-order valence-electron chi connectivity index (χ1n) is 6.60. The molecule has 1 atom stereocenters. The zero-order valence-corrected chi connectivity index (χ0v) is 11.0. The number of carbonyl (C=O) groups excluding carboxylic acids is 2. The van der Waals surface area contributed by atoms with Gasteiger partial charge in [-0.05, 0) is 25.0 Å². The van der Waals surface area contributed by atoms with Crippen molar-refractivity contribution in [3.8, 4) is 5.75 Å². The van der Waals surface area contributed by atoms with Crippen molar-refractivity contribution in [1.82, 2.24) is 10.6 Å². The third-order valence-electron chi connectivity index (χ3n) is 3.01. The van der Waals surface area contributed by atoms with Gasteiger partial charge in [0, 0.05) is 12.6 Å². The minimum absolute atomic E-state index is 0.125. The predicted octanol–water partition coefficient (Wildman–Crippen LogP) is 0.989. The van der Waals surface area contributed by atoms with Gasteiger partial charge in [-0.15, -0.1) is 0 Å². The lowest BCUT2D eigenvalue weighted by atomic mass is 10.1. The molecule has 1 aliphatic rings. The van der Waals surface area contributed by atoms with Crippen molar-refractivity contribution < 1.29 is 18.7 Å². The number of rotatable bonds is 5. The third kappa shape index (κ3) is 4.22. The van der Waals surface area contributed by atoms with E-state index in [2.05, 4.69) is 10.6 Å². The highest BCUT2D eigenvalue weighted by atomic mass is 19.1. The van der Waals surface area contributed by atoms with E-state index in [9.17, 15) is 14.0 Å². The van der Waals surface area contributed by atoms with Crippen molar-refractivity contribution in [3.63, 3.8) is 0 Å². The van der Waals surface area contributed by atoms with Crippen LogP contribution >= 0.6 is 0 Å². The van der Waals surface area contributed by atoms with Gasteiger partial charge in [-0.2, -0.15) is 0 Å². The number of nitrogens with one attached hydrogen (secondary N) is 2. The van der Waals surface area contributed by atoms with Crippen LogP contribution in [-0.4, -0.2) is 31.0 Å². The summed E-state index contributed by atoms with van der Waals surface area (Å²) in [6, 6.07) is 5.28. The second-order valence-corrected chi connectivity index (χ2v) is 4.61. The van der Waals surface area contributed by atoms with Crippen molar-refractivity contribution in [3.05, 3.63) is 30.1 Å². The summed E-state index contributed by atoms with van der Waals surface area (Å²) >= 11 is 0. The molecule has 20 heavy (non-hydrogen) atoms. The van der Waals surface area contributed by atoms with Gasteiger partial charge in [-0.3, -0.25) is 9.59 Å². The Bertz CT molecular complexity index is 493. The summed E-state index contributed by atoms with van der Waals surface area (Å²) in [5, 5.41) is 5.36. The van der Waals surface area contributed by atoms with E-state index >= 15 is 0 Å². The van der Waals surface area contributed by atoms with Crippen LogP contribution in [0.3, 0.4) is 0 Å². The van der Waals surface area contributed by atoms with E-state index in [1.54, 1.807) is 6.07 Å². The van der Waals surface area contributed by atoms with Crippen LogP contribution in [0, 0.1) is 5.82 Å². The number of amides is 2. The van der Waals surface area contributed by atoms with Crippen molar-refractivity contribution in [2.24, 2.45) is 0 Å². The number of hydrogen-bond donors (Lipinski definition) is 2. The largest absolute Gasteiger partial charge is 0.493 e. The van der Waals surface area contributed by atoms with E-state index in [1.165, 1.54) is 18.2 Å². The van der Waals surface area contributed by atoms with Gasteiger partial charge in [0.25, 0.3) is 0 Å². The molecule has 2 rings (SSSR count). The fraction of sp³-hybridized carbons (Fsp3) is 0.429. The van der Waals surface area contributed by atoms with E-state index in [0.717, 1.165) is 6.42 Å². The van der Waals surface area contributed by atoms with Crippen LogP contribution < -0.4 is 15.4 Å². The van der Waals surface area contributed by atoms with E-state index < -0.39 is 6.04 Å². The highest BCUT2D eigenvalue weighted by Gasteiger charge is 2.23. The van der Waals surface area contributed by atoms with Crippen LogP contribution in [0.25, 0.3) is 0 Å². The standard InChI is InChI=1S/C14H17FN2O3/c15-10-3-1-4-11(9-10)20-8-6-13(18)17-12-5-2-7-16-14(12)19/h1,3-4,9,12H,2,5-8H2,(H,16,19)(H,17,18). The Morgan fingerprint density at radius 3 is 3.10 bits per heavy atom. The molecule has 5 nitrogen and oxygen atoms in total. The molecular formula is C14H17FN2O3. The molecular weight excluding hydrogens is 263 g/mol. The van der Waals surface area contributed by atoms with Gasteiger partial charge in [0.2, 0.25) is 11.8 Å². The monoisotopic (exact) mass is 280 g/mol. The SMILES string of the molecule is O=C(CCOc1cccc(F)c1)NC1CCCNC1=O. The summed E-state index contributed by atoms with van der Waals surface area (Å²) in [4.78, 5) is 23.1. The second kappa shape index (κ2) is 6.88. The Hall–Kier alpha value is -2.11. The molecule has 0 spiro atoms. The van der Waals surface area contributed by atoms with Crippen LogP contribution in [0.2, 0.25) is 0 Å². The maximum atomic E-state index is 12.9. The molecule has 1 saturated heterocycles. The van der Waals surface area contributed by atoms with Crippen LogP contribution in [0.1, 0.15) is 19.3 Å². The molecule has 2 amide bonds. The van der Waals surface area contributed by atoms with Gasteiger partial charge >= 0.3 is 0 Å². The first-order chi connectivity index (χ1) is 9.65. The molecule has 1 unspecified atom stereocenters. The Labute approximate surface area is 116 Å². The van der Waals surface area contributed by atoms with Gasteiger partial charge in [-0.1, -0.05) is 6.07 Å². The highest BCUT2D eigenvalue weighted by molar-refractivity contribution is 5.88. The van der Waals surface area contributed by atoms with Crippen LogP contribution in [0.15, 0.2) is 24.3 Å². The van der Waals surface area contributed by atoms with E-state index in [1.807, 2.05) is 0 Å². The highest BCUT2D eigenvalue weighted by Crippen LogP contribution is 2.12. The summed E-state index contributed by atoms with van der Waals surface area (Å²) in [6.07, 6.45) is 1.64. The third-order valence-corrected chi connectivity index (χ3v) is 3.01. The van der Waals surface area contributed by atoms with Gasteiger partial charge in [0.1, 0.15) is 17.6 Å². The van der Waals surface area contributed by atoms with Gasteiger partial charge in [-0.25, -0.2) is 4.39 Å². The number of ether oxygens (including phenoxy) is 1. The number of benzene rings is 1. The summed E-state index contributed by atoms with van der Waals surface area (Å²) in [5.41, 5.74) is 0. The molecule has 0 aromatic heterocycles. The van der Waals surface area contributed by atoms with Crippen molar-refractivity contribution in [2.75, 3.05) is 13.2 Å². The molecule has 1 aliphatic heterocycles. The topological polar surface area (TPSA) is 67.4 Å². The minimum atomic E-state index is -0.453. The Morgan fingerprint density at radius 1 is 1.50 bits per heavy atom. The summed E-state index contributed by atoms with van der Waals surface area (Å²) < 4.78 is 18.2. The number of carbonyl (C=O) groups is 2. The molecule has 0 saturated carbocycles. The number of halogens is 1. The lowest BCUT2D eigenvalue weighted by molar-refractivity contribution is -0.130. The van der Waals surface area contributed by atoms with Gasteiger partial charge in [0.05, 0.1) is 13.0 Å². The van der Waals surface area contributed by atoms with Gasteiger partial charge in [0.15, 0.2) is 0 Å². The maximum absolute atomic E-state index is 12.9. The van der Waals surface area contributed by atoms with Gasteiger partial charge < -0.3 is 15.4 Å².